The van der Waals surface area contributed by atoms with Crippen molar-refractivity contribution in [1.29, 1.82) is 0 Å². The van der Waals surface area contributed by atoms with E-state index in [1.54, 1.807) is 7.11 Å². The molecule has 4 rings (SSSR count). The van der Waals surface area contributed by atoms with Crippen molar-refractivity contribution in [2.45, 2.75) is 32.1 Å². The summed E-state index contributed by atoms with van der Waals surface area (Å²) in [6.45, 7) is 2.81. The van der Waals surface area contributed by atoms with Crippen molar-refractivity contribution in [3.8, 4) is 5.75 Å². The number of anilines is 2. The van der Waals surface area contributed by atoms with Crippen molar-refractivity contribution in [3.05, 3.63) is 53.6 Å². The molecule has 1 aliphatic carbocycles. The van der Waals surface area contributed by atoms with Gasteiger partial charge in [0, 0.05) is 37.1 Å². The summed E-state index contributed by atoms with van der Waals surface area (Å²) in [7, 11) is 1.71. The van der Waals surface area contributed by atoms with Crippen LogP contribution >= 0.6 is 24.0 Å². The molecule has 6 heteroatoms. The van der Waals surface area contributed by atoms with Crippen LogP contribution in [-0.4, -0.2) is 32.7 Å². The monoisotopic (exact) mass is 506 g/mol. The summed E-state index contributed by atoms with van der Waals surface area (Å²) in [4.78, 5) is 7.05. The quantitative estimate of drug-likeness (QED) is 0.358. The average Bonchev–Trinajstić information content (AvgIpc) is 3.22. The lowest BCUT2D eigenvalue weighted by Gasteiger charge is -2.20. The summed E-state index contributed by atoms with van der Waals surface area (Å²) >= 11 is 0. The highest BCUT2D eigenvalue weighted by Crippen LogP contribution is 2.28. The first-order chi connectivity index (χ1) is 13.7. The van der Waals surface area contributed by atoms with Gasteiger partial charge in [0.2, 0.25) is 0 Å². The topological polar surface area (TPSA) is 62.9 Å². The summed E-state index contributed by atoms with van der Waals surface area (Å²) in [5, 5.41) is 3.35. The molecule has 2 aromatic rings. The third-order valence-electron chi connectivity index (χ3n) is 5.88. The van der Waals surface area contributed by atoms with Crippen LogP contribution in [0.3, 0.4) is 0 Å². The number of halogens is 1. The van der Waals surface area contributed by atoms with Crippen molar-refractivity contribution >= 4 is 41.3 Å². The number of benzene rings is 2. The Morgan fingerprint density at radius 2 is 2.03 bits per heavy atom. The van der Waals surface area contributed by atoms with Gasteiger partial charge in [0.15, 0.2) is 5.96 Å². The number of guanidine groups is 1. The molecule has 0 spiro atoms. The molecular weight excluding hydrogens is 475 g/mol. The van der Waals surface area contributed by atoms with Gasteiger partial charge in [0.25, 0.3) is 0 Å². The number of aliphatic imine (C=N–C) groups is 1. The van der Waals surface area contributed by atoms with Gasteiger partial charge in [-0.1, -0.05) is 18.2 Å². The Balaban J connectivity index is 0.00000240. The van der Waals surface area contributed by atoms with Gasteiger partial charge < -0.3 is 20.7 Å². The smallest absolute Gasteiger partial charge is 0.193 e. The molecular formula is C23H31IN4O. The number of methoxy groups -OCH3 is 1. The Bertz CT molecular complexity index is 855. The predicted octanol–water partition coefficient (Wildman–Crippen LogP) is 4.45. The van der Waals surface area contributed by atoms with Gasteiger partial charge in [-0.2, -0.15) is 0 Å². The number of rotatable bonds is 5. The molecule has 0 bridgehead atoms. The first-order valence-corrected chi connectivity index (χ1v) is 10.3. The predicted molar refractivity (Wildman–Crippen MR) is 132 cm³/mol. The molecule has 1 aliphatic heterocycles. The van der Waals surface area contributed by atoms with E-state index in [2.05, 4.69) is 45.5 Å². The number of nitrogens with zero attached hydrogens (tertiary/aromatic N) is 2. The normalized spacial score (nSPS) is 18.7. The zero-order valence-electron chi connectivity index (χ0n) is 17.1. The lowest BCUT2D eigenvalue weighted by Crippen LogP contribution is -2.26. The highest BCUT2D eigenvalue weighted by Gasteiger charge is 2.23. The fourth-order valence-electron chi connectivity index (χ4n) is 4.33. The Kier molecular flexibility index (Phi) is 7.64. The summed E-state index contributed by atoms with van der Waals surface area (Å²) in [5.74, 6) is 1.95. The fraction of sp³-hybridized carbons (Fsp3) is 0.435. The van der Waals surface area contributed by atoms with Gasteiger partial charge in [-0.05, 0) is 67.3 Å². The van der Waals surface area contributed by atoms with E-state index < -0.39 is 0 Å². The van der Waals surface area contributed by atoms with Crippen LogP contribution in [0.4, 0.5) is 11.4 Å². The minimum atomic E-state index is 0. The van der Waals surface area contributed by atoms with E-state index in [1.807, 2.05) is 12.1 Å². The van der Waals surface area contributed by atoms with E-state index in [9.17, 15) is 0 Å². The number of fused-ring (bicyclic) bond motifs is 1. The number of nitrogens with two attached hydrogens (primary N) is 1. The molecule has 3 N–H and O–H groups in total. The van der Waals surface area contributed by atoms with Crippen molar-refractivity contribution in [2.75, 3.05) is 37.0 Å². The molecule has 1 unspecified atom stereocenters. The van der Waals surface area contributed by atoms with Crippen LogP contribution in [-0.2, 0) is 12.8 Å². The fourth-order valence-corrected chi connectivity index (χ4v) is 4.33. The van der Waals surface area contributed by atoms with E-state index >= 15 is 0 Å². The molecule has 2 aliphatic rings. The lowest BCUT2D eigenvalue weighted by atomic mass is 9.90. The molecule has 1 saturated heterocycles. The number of hydrogen-bond donors (Lipinski definition) is 2. The zero-order chi connectivity index (χ0) is 19.3. The van der Waals surface area contributed by atoms with Crippen molar-refractivity contribution in [2.24, 2.45) is 16.6 Å². The minimum absolute atomic E-state index is 0. The summed E-state index contributed by atoms with van der Waals surface area (Å²) < 4.78 is 5.34. The van der Waals surface area contributed by atoms with E-state index in [1.165, 1.54) is 36.1 Å². The molecule has 1 heterocycles. The Labute approximate surface area is 190 Å². The van der Waals surface area contributed by atoms with E-state index in [4.69, 9.17) is 10.5 Å². The van der Waals surface area contributed by atoms with Crippen LogP contribution in [0.5, 0.6) is 5.75 Å². The molecule has 156 valence electrons. The molecule has 0 radical (unpaired) electrons. The second kappa shape index (κ2) is 10.2. The maximum atomic E-state index is 6.21. The largest absolute Gasteiger partial charge is 0.497 e. The summed E-state index contributed by atoms with van der Waals surface area (Å²) in [6.07, 6.45) is 5.97. The highest BCUT2D eigenvalue weighted by molar-refractivity contribution is 14.0. The highest BCUT2D eigenvalue weighted by atomic mass is 127. The third kappa shape index (κ3) is 5.35. The van der Waals surface area contributed by atoms with Crippen LogP contribution in [0.25, 0.3) is 0 Å². The zero-order valence-corrected chi connectivity index (χ0v) is 19.4. The van der Waals surface area contributed by atoms with Gasteiger partial charge in [-0.3, -0.25) is 4.99 Å². The third-order valence-corrected chi connectivity index (χ3v) is 5.88. The second-order valence-electron chi connectivity index (χ2n) is 7.80. The van der Waals surface area contributed by atoms with Gasteiger partial charge in [-0.15, -0.1) is 24.0 Å². The number of aryl methyl sites for hydroxylation is 1. The van der Waals surface area contributed by atoms with Crippen LogP contribution in [0, 0.1) is 5.92 Å². The lowest BCUT2D eigenvalue weighted by molar-refractivity contribution is 0.415. The molecule has 0 amide bonds. The Morgan fingerprint density at radius 1 is 1.21 bits per heavy atom. The van der Waals surface area contributed by atoms with Gasteiger partial charge in [-0.25, -0.2) is 0 Å². The van der Waals surface area contributed by atoms with E-state index in [-0.39, 0.29) is 24.0 Å². The molecule has 2 aromatic carbocycles. The van der Waals surface area contributed by atoms with Crippen molar-refractivity contribution in [1.82, 2.24) is 0 Å². The van der Waals surface area contributed by atoms with E-state index in [0.717, 1.165) is 43.9 Å². The van der Waals surface area contributed by atoms with Crippen LogP contribution in [0.1, 0.15) is 30.4 Å². The van der Waals surface area contributed by atoms with Crippen molar-refractivity contribution in [3.63, 3.8) is 0 Å². The van der Waals surface area contributed by atoms with Crippen LogP contribution in [0.15, 0.2) is 47.5 Å². The number of hydrogen-bond acceptors (Lipinski definition) is 3. The summed E-state index contributed by atoms with van der Waals surface area (Å²) in [5.41, 5.74) is 11.4. The Morgan fingerprint density at radius 3 is 2.90 bits per heavy atom. The molecule has 0 saturated carbocycles. The molecule has 29 heavy (non-hydrogen) atoms. The SMILES string of the molecule is COc1cccc(N2CCC(CN=C(N)Nc3cccc4c3CCCC4)C2)c1.I. The molecule has 0 aromatic heterocycles. The number of nitrogens with one attached hydrogen (secondary N) is 1. The van der Waals surface area contributed by atoms with Crippen molar-refractivity contribution < 1.29 is 4.74 Å². The maximum absolute atomic E-state index is 6.21. The summed E-state index contributed by atoms with van der Waals surface area (Å²) in [6, 6.07) is 14.7. The first-order valence-electron chi connectivity index (χ1n) is 10.3. The van der Waals surface area contributed by atoms with Gasteiger partial charge in [0.1, 0.15) is 5.75 Å². The maximum Gasteiger partial charge on any atom is 0.193 e. The van der Waals surface area contributed by atoms with Gasteiger partial charge in [0.05, 0.1) is 7.11 Å². The van der Waals surface area contributed by atoms with Crippen LogP contribution < -0.4 is 20.7 Å². The standard InChI is InChI=1S/C23H30N4O.HI/c1-28-20-9-5-8-19(14-20)27-13-12-17(16-27)15-25-23(24)26-22-11-4-7-18-6-2-3-10-21(18)22;/h4-5,7-9,11,14,17H,2-3,6,10,12-13,15-16H2,1H3,(H3,24,25,26);1H. The van der Waals surface area contributed by atoms with E-state index in [0.29, 0.717) is 11.9 Å². The second-order valence-corrected chi connectivity index (χ2v) is 7.80. The molecule has 5 nitrogen and oxygen atoms in total. The van der Waals surface area contributed by atoms with Crippen LogP contribution in [0.2, 0.25) is 0 Å². The molecule has 1 atom stereocenters. The average molecular weight is 506 g/mol. The minimum Gasteiger partial charge on any atom is -0.497 e. The van der Waals surface area contributed by atoms with Gasteiger partial charge >= 0.3 is 0 Å². The first kappa shape index (κ1) is 21.7. The Hall–Kier alpha value is -1.96. The number of ether oxygens (including phenoxy) is 1. The molecule has 1 fully saturated rings.